The third-order valence-corrected chi connectivity index (χ3v) is 3.12. The van der Waals surface area contributed by atoms with Crippen LogP contribution in [-0.4, -0.2) is 37.7 Å². The van der Waals surface area contributed by atoms with Crippen LogP contribution in [0.4, 0.5) is 0 Å². The first kappa shape index (κ1) is 20.1. The minimum Gasteiger partial charge on any atom is -0.465 e. The van der Waals surface area contributed by atoms with E-state index in [1.807, 2.05) is 20.8 Å². The van der Waals surface area contributed by atoms with E-state index in [2.05, 4.69) is 6.58 Å². The SMILES string of the molecule is C=C(C)C(=O)OCCOC(=O)CCCOC(=O)C(C)(C)CC. The Kier molecular flexibility index (Phi) is 9.13. The Morgan fingerprint density at radius 2 is 1.59 bits per heavy atom. The zero-order valence-electron chi connectivity index (χ0n) is 13.9. The highest BCUT2D eigenvalue weighted by molar-refractivity contribution is 5.86. The molecule has 0 fully saturated rings. The molecule has 0 unspecified atom stereocenters. The molecule has 0 aliphatic heterocycles. The number of hydrogen-bond donors (Lipinski definition) is 0. The molecule has 0 spiro atoms. The molecule has 0 amide bonds. The summed E-state index contributed by atoms with van der Waals surface area (Å²) in [5, 5.41) is 0. The molecular formula is C16H26O6. The second kappa shape index (κ2) is 9.97. The third kappa shape index (κ3) is 8.44. The van der Waals surface area contributed by atoms with Crippen molar-refractivity contribution < 1.29 is 28.6 Å². The topological polar surface area (TPSA) is 78.9 Å². The van der Waals surface area contributed by atoms with Crippen molar-refractivity contribution in [2.24, 2.45) is 5.41 Å². The maximum atomic E-state index is 11.7. The number of ether oxygens (including phenoxy) is 3. The fourth-order valence-corrected chi connectivity index (χ4v) is 1.21. The molecule has 0 saturated heterocycles. The minimum absolute atomic E-state index is 0.000503. The average molecular weight is 314 g/mol. The van der Waals surface area contributed by atoms with E-state index in [1.165, 1.54) is 6.92 Å². The number of hydrogen-bond acceptors (Lipinski definition) is 6. The van der Waals surface area contributed by atoms with Crippen molar-refractivity contribution in [3.63, 3.8) is 0 Å². The summed E-state index contributed by atoms with van der Waals surface area (Å²) in [6.07, 6.45) is 1.24. The van der Waals surface area contributed by atoms with Crippen LogP contribution in [0.15, 0.2) is 12.2 Å². The van der Waals surface area contributed by atoms with Crippen molar-refractivity contribution >= 4 is 17.9 Å². The molecule has 22 heavy (non-hydrogen) atoms. The molecule has 0 aliphatic carbocycles. The molecule has 0 rings (SSSR count). The van der Waals surface area contributed by atoms with Crippen LogP contribution in [0.3, 0.4) is 0 Å². The highest BCUT2D eigenvalue weighted by atomic mass is 16.6. The van der Waals surface area contributed by atoms with Crippen molar-refractivity contribution in [3.8, 4) is 0 Å². The minimum atomic E-state index is -0.512. The smallest absolute Gasteiger partial charge is 0.333 e. The Morgan fingerprint density at radius 1 is 1.00 bits per heavy atom. The van der Waals surface area contributed by atoms with Crippen molar-refractivity contribution in [1.29, 1.82) is 0 Å². The van der Waals surface area contributed by atoms with E-state index in [9.17, 15) is 14.4 Å². The standard InChI is InChI=1S/C16H26O6/c1-6-16(4,5)15(19)22-9-7-8-13(17)20-10-11-21-14(18)12(2)3/h2,6-11H2,1,3-5H3. The molecule has 0 aliphatic rings. The van der Waals surface area contributed by atoms with Crippen molar-refractivity contribution in [3.05, 3.63) is 12.2 Å². The lowest BCUT2D eigenvalue weighted by molar-refractivity contribution is -0.155. The molecule has 6 heteroatoms. The van der Waals surface area contributed by atoms with E-state index in [0.717, 1.165) is 0 Å². The van der Waals surface area contributed by atoms with Gasteiger partial charge in [-0.3, -0.25) is 9.59 Å². The second-order valence-corrected chi connectivity index (χ2v) is 5.61. The fourth-order valence-electron chi connectivity index (χ4n) is 1.21. The molecule has 0 aromatic heterocycles. The van der Waals surface area contributed by atoms with Crippen LogP contribution in [0, 0.1) is 5.41 Å². The summed E-state index contributed by atoms with van der Waals surface area (Å²) in [6, 6.07) is 0. The summed E-state index contributed by atoms with van der Waals surface area (Å²) in [4.78, 5) is 34.1. The van der Waals surface area contributed by atoms with Crippen LogP contribution >= 0.6 is 0 Å². The zero-order valence-corrected chi connectivity index (χ0v) is 13.9. The van der Waals surface area contributed by atoms with E-state index < -0.39 is 17.4 Å². The van der Waals surface area contributed by atoms with Crippen LogP contribution in [0.1, 0.15) is 47.0 Å². The first-order chi connectivity index (χ1) is 10.2. The maximum absolute atomic E-state index is 11.7. The van der Waals surface area contributed by atoms with Crippen molar-refractivity contribution in [2.75, 3.05) is 19.8 Å². The summed E-state index contributed by atoms with van der Waals surface area (Å²) in [5.41, 5.74) is -0.212. The van der Waals surface area contributed by atoms with Gasteiger partial charge in [-0.15, -0.1) is 0 Å². The predicted octanol–water partition coefficient (Wildman–Crippen LogP) is 2.41. The van der Waals surface area contributed by atoms with Gasteiger partial charge in [-0.2, -0.15) is 0 Å². The highest BCUT2D eigenvalue weighted by Crippen LogP contribution is 2.21. The lowest BCUT2D eigenvalue weighted by atomic mass is 9.91. The molecular weight excluding hydrogens is 288 g/mol. The van der Waals surface area contributed by atoms with Gasteiger partial charge >= 0.3 is 17.9 Å². The molecule has 6 nitrogen and oxygen atoms in total. The molecule has 0 N–H and O–H groups in total. The number of esters is 3. The van der Waals surface area contributed by atoms with Crippen molar-refractivity contribution in [1.82, 2.24) is 0 Å². The summed E-state index contributed by atoms with van der Waals surface area (Å²) >= 11 is 0. The Hall–Kier alpha value is -1.85. The molecule has 0 aromatic rings. The van der Waals surface area contributed by atoms with Gasteiger partial charge in [0.1, 0.15) is 13.2 Å². The number of carbonyl (C=O) groups excluding carboxylic acids is 3. The summed E-state index contributed by atoms with van der Waals surface area (Å²) in [5.74, 6) is -1.20. The van der Waals surface area contributed by atoms with Crippen LogP contribution < -0.4 is 0 Å². The summed E-state index contributed by atoms with van der Waals surface area (Å²) < 4.78 is 14.8. The first-order valence-electron chi connectivity index (χ1n) is 7.36. The maximum Gasteiger partial charge on any atom is 0.333 e. The average Bonchev–Trinajstić information content (AvgIpc) is 2.47. The molecule has 0 bridgehead atoms. The molecule has 0 heterocycles. The van der Waals surface area contributed by atoms with Gasteiger partial charge in [0.05, 0.1) is 12.0 Å². The van der Waals surface area contributed by atoms with E-state index in [-0.39, 0.29) is 32.2 Å². The predicted molar refractivity (Wildman–Crippen MR) is 81.0 cm³/mol. The van der Waals surface area contributed by atoms with Crippen LogP contribution in [-0.2, 0) is 28.6 Å². The molecule has 0 atom stereocenters. The molecule has 126 valence electrons. The van der Waals surface area contributed by atoms with E-state index in [1.54, 1.807) is 0 Å². The third-order valence-electron chi connectivity index (χ3n) is 3.12. The Balaban J connectivity index is 3.69. The van der Waals surface area contributed by atoms with Crippen LogP contribution in [0.5, 0.6) is 0 Å². The van der Waals surface area contributed by atoms with Crippen LogP contribution in [0.25, 0.3) is 0 Å². The van der Waals surface area contributed by atoms with E-state index >= 15 is 0 Å². The Labute approximate surface area is 131 Å². The van der Waals surface area contributed by atoms with Gasteiger partial charge in [-0.25, -0.2) is 4.79 Å². The Bertz CT molecular complexity index is 411. The normalized spacial score (nSPS) is 10.7. The fraction of sp³-hybridized carbons (Fsp3) is 0.688. The quantitative estimate of drug-likeness (QED) is 0.267. The monoisotopic (exact) mass is 314 g/mol. The number of carbonyl (C=O) groups is 3. The summed E-state index contributed by atoms with van der Waals surface area (Å²) in [6.45, 7) is 10.7. The van der Waals surface area contributed by atoms with E-state index in [0.29, 0.717) is 18.4 Å². The van der Waals surface area contributed by atoms with Crippen molar-refractivity contribution in [2.45, 2.75) is 47.0 Å². The van der Waals surface area contributed by atoms with Gasteiger partial charge in [0, 0.05) is 12.0 Å². The van der Waals surface area contributed by atoms with Gasteiger partial charge in [-0.1, -0.05) is 13.5 Å². The second-order valence-electron chi connectivity index (χ2n) is 5.61. The lowest BCUT2D eigenvalue weighted by Gasteiger charge is -2.20. The molecule has 0 radical (unpaired) electrons. The molecule has 0 aromatic carbocycles. The summed E-state index contributed by atoms with van der Waals surface area (Å²) in [7, 11) is 0. The largest absolute Gasteiger partial charge is 0.465 e. The Morgan fingerprint density at radius 3 is 2.14 bits per heavy atom. The molecule has 0 saturated carbocycles. The highest BCUT2D eigenvalue weighted by Gasteiger charge is 2.26. The van der Waals surface area contributed by atoms with Gasteiger partial charge in [0.2, 0.25) is 0 Å². The van der Waals surface area contributed by atoms with E-state index in [4.69, 9.17) is 14.2 Å². The van der Waals surface area contributed by atoms with Gasteiger partial charge in [0.25, 0.3) is 0 Å². The lowest BCUT2D eigenvalue weighted by Crippen LogP contribution is -2.26. The van der Waals surface area contributed by atoms with Gasteiger partial charge < -0.3 is 14.2 Å². The number of rotatable bonds is 10. The van der Waals surface area contributed by atoms with Gasteiger partial charge in [0.15, 0.2) is 0 Å². The van der Waals surface area contributed by atoms with Gasteiger partial charge in [-0.05, 0) is 33.6 Å². The van der Waals surface area contributed by atoms with Crippen LogP contribution in [0.2, 0.25) is 0 Å². The first-order valence-corrected chi connectivity index (χ1v) is 7.36. The zero-order chi connectivity index (χ0) is 17.2.